The Hall–Kier alpha value is -2.51. The lowest BCUT2D eigenvalue weighted by molar-refractivity contribution is -0.137. The molecular weight excluding hydrogens is 335 g/mol. The van der Waals surface area contributed by atoms with Crippen molar-refractivity contribution in [2.75, 3.05) is 5.73 Å². The van der Waals surface area contributed by atoms with Gasteiger partial charge in [0.05, 0.1) is 5.56 Å². The Morgan fingerprint density at radius 2 is 1.88 bits per heavy atom. The maximum Gasteiger partial charge on any atom is 0.418 e. The molecule has 0 fully saturated rings. The van der Waals surface area contributed by atoms with E-state index >= 15 is 0 Å². The molecule has 1 aromatic heterocycles. The largest absolute Gasteiger partial charge is 0.476 e. The van der Waals surface area contributed by atoms with Crippen LogP contribution in [0.25, 0.3) is 0 Å². The molecule has 0 saturated carbocycles. The van der Waals surface area contributed by atoms with Crippen LogP contribution in [-0.2, 0) is 18.1 Å². The van der Waals surface area contributed by atoms with E-state index < -0.39 is 23.1 Å². The summed E-state index contributed by atoms with van der Waals surface area (Å²) in [5.74, 6) is -0.816. The Bertz CT molecular complexity index is 818. The van der Waals surface area contributed by atoms with Crippen molar-refractivity contribution in [3.63, 3.8) is 0 Å². The quantitative estimate of drug-likeness (QED) is 0.820. The minimum absolute atomic E-state index is 0.0320. The highest BCUT2D eigenvalue weighted by molar-refractivity contribution is 5.86. The summed E-state index contributed by atoms with van der Waals surface area (Å²) in [6, 6.07) is 3.98. The van der Waals surface area contributed by atoms with E-state index in [-0.39, 0.29) is 23.5 Å². The molecule has 0 aliphatic rings. The number of nitrogen functional groups attached to an aromatic ring is 1. The summed E-state index contributed by atoms with van der Waals surface area (Å²) in [4.78, 5) is 15.5. The lowest BCUT2D eigenvalue weighted by Crippen LogP contribution is -2.22. The molecule has 136 valence electrons. The number of hydrogen-bond acceptors (Lipinski definition) is 3. The van der Waals surface area contributed by atoms with Crippen molar-refractivity contribution >= 4 is 11.7 Å². The maximum absolute atomic E-state index is 13.4. The van der Waals surface area contributed by atoms with Crippen LogP contribution in [-0.4, -0.2) is 20.6 Å². The highest BCUT2D eigenvalue weighted by Gasteiger charge is 2.36. The number of nitrogens with zero attached hydrogens (tertiary/aromatic N) is 2. The van der Waals surface area contributed by atoms with E-state index in [1.165, 1.54) is 29.7 Å². The third-order valence-electron chi connectivity index (χ3n) is 3.89. The second-order valence-electron chi connectivity index (χ2n) is 6.89. The average Bonchev–Trinajstić information content (AvgIpc) is 2.75. The monoisotopic (exact) mass is 355 g/mol. The number of halogens is 3. The minimum Gasteiger partial charge on any atom is -0.476 e. The van der Waals surface area contributed by atoms with Gasteiger partial charge in [-0.05, 0) is 18.6 Å². The summed E-state index contributed by atoms with van der Waals surface area (Å²) in [5, 5.41) is 9.29. The van der Waals surface area contributed by atoms with E-state index in [0.717, 1.165) is 0 Å². The lowest BCUT2D eigenvalue weighted by atomic mass is 9.95. The fraction of sp³-hybridized carbons (Fsp3) is 0.412. The molecule has 1 heterocycles. The van der Waals surface area contributed by atoms with Gasteiger partial charge in [0.25, 0.3) is 0 Å². The number of alkyl halides is 3. The van der Waals surface area contributed by atoms with E-state index in [0.29, 0.717) is 11.5 Å². The van der Waals surface area contributed by atoms with Crippen LogP contribution >= 0.6 is 0 Å². The number of rotatable bonds is 3. The highest BCUT2D eigenvalue weighted by Crippen LogP contribution is 2.37. The zero-order chi connectivity index (χ0) is 19.2. The average molecular weight is 355 g/mol. The van der Waals surface area contributed by atoms with Crippen molar-refractivity contribution in [2.24, 2.45) is 0 Å². The lowest BCUT2D eigenvalue weighted by Gasteiger charge is -2.22. The molecule has 0 aliphatic heterocycles. The van der Waals surface area contributed by atoms with Crippen molar-refractivity contribution in [3.8, 4) is 0 Å². The van der Waals surface area contributed by atoms with Gasteiger partial charge in [-0.2, -0.15) is 13.2 Å². The number of nitrogens with two attached hydrogens (primary N) is 1. The third kappa shape index (κ3) is 3.62. The molecule has 0 unspecified atom stereocenters. The van der Waals surface area contributed by atoms with Gasteiger partial charge in [0.15, 0.2) is 5.69 Å². The van der Waals surface area contributed by atoms with E-state index in [1.807, 2.05) is 20.8 Å². The Kier molecular flexibility index (Phi) is 4.59. The summed E-state index contributed by atoms with van der Waals surface area (Å²) < 4.78 is 41.7. The molecule has 0 radical (unpaired) electrons. The number of aromatic carboxylic acids is 1. The van der Waals surface area contributed by atoms with Gasteiger partial charge in [-0.3, -0.25) is 0 Å². The first-order valence-corrected chi connectivity index (χ1v) is 7.59. The third-order valence-corrected chi connectivity index (χ3v) is 3.89. The van der Waals surface area contributed by atoms with Crippen LogP contribution in [0.4, 0.5) is 18.9 Å². The summed E-state index contributed by atoms with van der Waals surface area (Å²) in [6.45, 7) is 6.83. The van der Waals surface area contributed by atoms with Crippen molar-refractivity contribution in [1.29, 1.82) is 0 Å². The summed E-state index contributed by atoms with van der Waals surface area (Å²) in [5.41, 5.74) is 3.83. The first-order chi connectivity index (χ1) is 11.3. The molecule has 2 aromatic rings. The molecule has 3 N–H and O–H groups in total. The van der Waals surface area contributed by atoms with Crippen molar-refractivity contribution in [2.45, 2.75) is 45.8 Å². The Morgan fingerprint density at radius 3 is 2.36 bits per heavy atom. The zero-order valence-electron chi connectivity index (χ0n) is 14.4. The minimum atomic E-state index is -4.60. The SMILES string of the molecule is Cc1c(C(=O)O)nc(C(C)(C)C)n1Cc1cccc(N)c1C(F)(F)F. The molecule has 2 rings (SSSR count). The van der Waals surface area contributed by atoms with Crippen LogP contribution in [0, 0.1) is 6.92 Å². The van der Waals surface area contributed by atoms with Gasteiger partial charge >= 0.3 is 12.1 Å². The number of carbonyl (C=O) groups is 1. The molecule has 1 aromatic carbocycles. The van der Waals surface area contributed by atoms with Gasteiger partial charge in [-0.15, -0.1) is 0 Å². The van der Waals surface area contributed by atoms with Crippen LogP contribution in [0.2, 0.25) is 0 Å². The zero-order valence-corrected chi connectivity index (χ0v) is 14.4. The van der Waals surface area contributed by atoms with Gasteiger partial charge in [-0.25, -0.2) is 9.78 Å². The topological polar surface area (TPSA) is 81.1 Å². The predicted molar refractivity (Wildman–Crippen MR) is 87.6 cm³/mol. The Morgan fingerprint density at radius 1 is 1.28 bits per heavy atom. The summed E-state index contributed by atoms with van der Waals surface area (Å²) >= 11 is 0. The molecule has 0 spiro atoms. The molecule has 25 heavy (non-hydrogen) atoms. The molecule has 8 heteroatoms. The van der Waals surface area contributed by atoms with E-state index in [1.54, 1.807) is 0 Å². The second kappa shape index (κ2) is 6.09. The van der Waals surface area contributed by atoms with Crippen molar-refractivity contribution < 1.29 is 23.1 Å². The molecule has 0 atom stereocenters. The molecule has 0 aliphatic carbocycles. The Balaban J connectivity index is 2.67. The van der Waals surface area contributed by atoms with Crippen molar-refractivity contribution in [3.05, 3.63) is 46.5 Å². The van der Waals surface area contributed by atoms with Gasteiger partial charge in [0, 0.05) is 23.3 Å². The smallest absolute Gasteiger partial charge is 0.418 e. The van der Waals surface area contributed by atoms with Gasteiger partial charge < -0.3 is 15.4 Å². The maximum atomic E-state index is 13.4. The fourth-order valence-electron chi connectivity index (χ4n) is 2.77. The van der Waals surface area contributed by atoms with Crippen LogP contribution < -0.4 is 5.73 Å². The van der Waals surface area contributed by atoms with E-state index in [4.69, 9.17) is 5.73 Å². The number of imidazole rings is 1. The first-order valence-electron chi connectivity index (χ1n) is 7.59. The molecule has 0 bridgehead atoms. The van der Waals surface area contributed by atoms with Crippen LogP contribution in [0.15, 0.2) is 18.2 Å². The normalized spacial score (nSPS) is 12.4. The van der Waals surface area contributed by atoms with Crippen LogP contribution in [0.1, 0.15) is 53.9 Å². The predicted octanol–water partition coefficient (Wildman–Crippen LogP) is 3.84. The number of benzene rings is 1. The molecule has 0 saturated heterocycles. The second-order valence-corrected chi connectivity index (χ2v) is 6.89. The van der Waals surface area contributed by atoms with E-state index in [2.05, 4.69) is 4.98 Å². The molecule has 5 nitrogen and oxygen atoms in total. The van der Waals surface area contributed by atoms with Gasteiger partial charge in [-0.1, -0.05) is 32.9 Å². The summed E-state index contributed by atoms with van der Waals surface area (Å²) in [6.07, 6.45) is -4.60. The number of carboxylic acids is 1. The number of hydrogen-bond donors (Lipinski definition) is 2. The van der Waals surface area contributed by atoms with Gasteiger partial charge in [0.2, 0.25) is 0 Å². The molecular formula is C17H20F3N3O2. The standard InChI is InChI=1S/C17H20F3N3O2/c1-9-13(14(24)25)22-15(16(2,3)4)23(9)8-10-6-5-7-11(21)12(10)17(18,19)20/h5-7H,8,21H2,1-4H3,(H,24,25). The number of aromatic nitrogens is 2. The fourth-order valence-corrected chi connectivity index (χ4v) is 2.77. The highest BCUT2D eigenvalue weighted by atomic mass is 19.4. The van der Waals surface area contributed by atoms with E-state index in [9.17, 15) is 23.1 Å². The summed E-state index contributed by atoms with van der Waals surface area (Å²) in [7, 11) is 0. The van der Waals surface area contributed by atoms with Gasteiger partial charge in [0.1, 0.15) is 5.82 Å². The van der Waals surface area contributed by atoms with Crippen LogP contribution in [0.5, 0.6) is 0 Å². The molecule has 0 amide bonds. The van der Waals surface area contributed by atoms with Crippen molar-refractivity contribution in [1.82, 2.24) is 9.55 Å². The first kappa shape index (κ1) is 18.8. The number of carboxylic acid groups (broad SMARTS) is 1. The Labute approximate surface area is 143 Å². The number of anilines is 1. The van der Waals surface area contributed by atoms with Crippen LogP contribution in [0.3, 0.4) is 0 Å².